The third-order valence-electron chi connectivity index (χ3n) is 2.62. The first-order chi connectivity index (χ1) is 7.70. The maximum absolute atomic E-state index is 8.52. The van der Waals surface area contributed by atoms with Crippen molar-refractivity contribution in [3.05, 3.63) is 29.6 Å². The molecule has 3 N–H and O–H groups in total. The van der Waals surface area contributed by atoms with Gasteiger partial charge in [-0.05, 0) is 31.0 Å². The molecule has 0 spiro atoms. The molecule has 82 valence electrons. The van der Waals surface area contributed by atoms with Crippen LogP contribution in [0.4, 0.5) is 0 Å². The lowest BCUT2D eigenvalue weighted by molar-refractivity contribution is 0.666. The summed E-state index contributed by atoms with van der Waals surface area (Å²) in [4.78, 5) is 7.51. The summed E-state index contributed by atoms with van der Waals surface area (Å²) in [7, 11) is 0. The van der Waals surface area contributed by atoms with E-state index in [0.717, 1.165) is 22.4 Å². The van der Waals surface area contributed by atoms with Gasteiger partial charge in [0.25, 0.3) is 0 Å². The molecule has 4 nitrogen and oxygen atoms in total. The highest BCUT2D eigenvalue weighted by Crippen LogP contribution is 2.20. The molecule has 1 aromatic heterocycles. The lowest BCUT2D eigenvalue weighted by Crippen LogP contribution is -2.09. The van der Waals surface area contributed by atoms with E-state index in [-0.39, 0.29) is 6.04 Å². The van der Waals surface area contributed by atoms with Crippen LogP contribution in [-0.2, 0) is 0 Å². The van der Waals surface area contributed by atoms with E-state index in [1.54, 1.807) is 0 Å². The van der Waals surface area contributed by atoms with Crippen LogP contribution in [0, 0.1) is 18.3 Å². The van der Waals surface area contributed by atoms with Gasteiger partial charge in [0.15, 0.2) is 0 Å². The lowest BCUT2D eigenvalue weighted by atomic mass is 10.0. The molecular weight excluding hydrogens is 200 g/mol. The molecule has 0 saturated carbocycles. The van der Waals surface area contributed by atoms with Crippen molar-refractivity contribution in [1.82, 2.24) is 9.97 Å². The molecule has 0 fully saturated rings. The Morgan fingerprint density at radius 1 is 1.56 bits per heavy atom. The molecule has 1 atom stereocenters. The van der Waals surface area contributed by atoms with Crippen molar-refractivity contribution in [2.45, 2.75) is 25.8 Å². The van der Waals surface area contributed by atoms with E-state index in [4.69, 9.17) is 11.0 Å². The molecule has 1 aromatic carbocycles. The average molecular weight is 214 g/mol. The largest absolute Gasteiger partial charge is 0.342 e. The zero-order valence-electron chi connectivity index (χ0n) is 9.20. The molecule has 2 aromatic rings. The number of nitrogens with one attached hydrogen (secondary N) is 1. The summed E-state index contributed by atoms with van der Waals surface area (Å²) in [5, 5.41) is 8.52. The van der Waals surface area contributed by atoms with Gasteiger partial charge in [0.05, 0.1) is 17.1 Å². The number of H-pyrrole nitrogens is 1. The Morgan fingerprint density at radius 3 is 3.12 bits per heavy atom. The molecule has 0 amide bonds. The monoisotopic (exact) mass is 214 g/mol. The smallest absolute Gasteiger partial charge is 0.104 e. The van der Waals surface area contributed by atoms with E-state index in [2.05, 4.69) is 16.0 Å². The summed E-state index contributed by atoms with van der Waals surface area (Å²) in [6, 6.07) is 7.98. The minimum atomic E-state index is -0.0762. The van der Waals surface area contributed by atoms with Gasteiger partial charge < -0.3 is 10.7 Å². The molecule has 0 saturated heterocycles. The van der Waals surface area contributed by atoms with E-state index in [1.807, 2.05) is 25.1 Å². The van der Waals surface area contributed by atoms with Crippen molar-refractivity contribution in [1.29, 1.82) is 5.26 Å². The Hall–Kier alpha value is -1.86. The summed E-state index contributed by atoms with van der Waals surface area (Å²) in [6.07, 6.45) is 1.18. The van der Waals surface area contributed by atoms with E-state index in [1.165, 1.54) is 0 Å². The number of rotatable bonds is 3. The highest BCUT2D eigenvalue weighted by atomic mass is 14.9. The van der Waals surface area contributed by atoms with Crippen LogP contribution in [0.1, 0.15) is 30.3 Å². The standard InChI is InChI=1S/C12H14N4/c1-8-15-11-5-4-9(7-12(11)16-8)10(14)3-2-6-13/h4-5,7,10H,2-3,14H2,1H3,(H,15,16). The molecule has 16 heavy (non-hydrogen) atoms. The number of benzene rings is 1. The van der Waals surface area contributed by atoms with Gasteiger partial charge in [-0.2, -0.15) is 5.26 Å². The van der Waals surface area contributed by atoms with Gasteiger partial charge in [0.1, 0.15) is 5.82 Å². The molecule has 0 aliphatic carbocycles. The minimum absolute atomic E-state index is 0.0762. The Morgan fingerprint density at radius 2 is 2.38 bits per heavy atom. The van der Waals surface area contributed by atoms with Crippen LogP contribution in [0.2, 0.25) is 0 Å². The van der Waals surface area contributed by atoms with Gasteiger partial charge in [-0.1, -0.05) is 6.07 Å². The van der Waals surface area contributed by atoms with Crippen molar-refractivity contribution < 1.29 is 0 Å². The van der Waals surface area contributed by atoms with Crippen molar-refractivity contribution >= 4 is 11.0 Å². The number of nitriles is 1. The van der Waals surface area contributed by atoms with Crippen LogP contribution in [0.5, 0.6) is 0 Å². The Bertz CT molecular complexity index is 535. The molecule has 0 radical (unpaired) electrons. The Balaban J connectivity index is 2.28. The van der Waals surface area contributed by atoms with E-state index in [0.29, 0.717) is 12.8 Å². The molecular formula is C12H14N4. The van der Waals surface area contributed by atoms with E-state index >= 15 is 0 Å². The second-order valence-electron chi connectivity index (χ2n) is 3.90. The number of nitrogens with zero attached hydrogens (tertiary/aromatic N) is 2. The van der Waals surface area contributed by atoms with Gasteiger partial charge in [0.2, 0.25) is 0 Å². The maximum atomic E-state index is 8.52. The lowest BCUT2D eigenvalue weighted by Gasteiger charge is -2.09. The van der Waals surface area contributed by atoms with Crippen molar-refractivity contribution in [3.63, 3.8) is 0 Å². The molecule has 2 rings (SSSR count). The topological polar surface area (TPSA) is 78.5 Å². The van der Waals surface area contributed by atoms with Crippen molar-refractivity contribution in [2.75, 3.05) is 0 Å². The first-order valence-corrected chi connectivity index (χ1v) is 5.29. The maximum Gasteiger partial charge on any atom is 0.104 e. The van der Waals surface area contributed by atoms with Crippen LogP contribution >= 0.6 is 0 Å². The van der Waals surface area contributed by atoms with Crippen LogP contribution < -0.4 is 5.73 Å². The van der Waals surface area contributed by atoms with Crippen LogP contribution in [-0.4, -0.2) is 9.97 Å². The number of aryl methyl sites for hydroxylation is 1. The van der Waals surface area contributed by atoms with E-state index < -0.39 is 0 Å². The summed E-state index contributed by atoms with van der Waals surface area (Å²) in [5.41, 5.74) is 9.00. The van der Waals surface area contributed by atoms with E-state index in [9.17, 15) is 0 Å². The molecule has 0 aliphatic heterocycles. The molecule has 0 bridgehead atoms. The SMILES string of the molecule is Cc1nc2ccc(C(N)CCC#N)cc2[nH]1. The fourth-order valence-electron chi connectivity index (χ4n) is 1.77. The predicted molar refractivity (Wildman–Crippen MR) is 62.6 cm³/mol. The van der Waals surface area contributed by atoms with Crippen LogP contribution in [0.25, 0.3) is 11.0 Å². The van der Waals surface area contributed by atoms with Gasteiger partial charge in [-0.25, -0.2) is 4.98 Å². The predicted octanol–water partition coefficient (Wildman–Crippen LogP) is 2.17. The number of fused-ring (bicyclic) bond motifs is 1. The summed E-state index contributed by atoms with van der Waals surface area (Å²) < 4.78 is 0. The fourth-order valence-corrected chi connectivity index (χ4v) is 1.77. The second kappa shape index (κ2) is 4.33. The molecule has 4 heteroatoms. The number of hydrogen-bond acceptors (Lipinski definition) is 3. The van der Waals surface area contributed by atoms with Crippen molar-refractivity contribution in [2.24, 2.45) is 5.73 Å². The summed E-state index contributed by atoms with van der Waals surface area (Å²) in [6.45, 7) is 1.93. The second-order valence-corrected chi connectivity index (χ2v) is 3.90. The highest BCUT2D eigenvalue weighted by molar-refractivity contribution is 5.75. The molecule has 0 aliphatic rings. The number of nitrogens with two attached hydrogens (primary N) is 1. The van der Waals surface area contributed by atoms with Gasteiger partial charge in [-0.15, -0.1) is 0 Å². The summed E-state index contributed by atoms with van der Waals surface area (Å²) in [5.74, 6) is 0.901. The number of aromatic nitrogens is 2. The number of aromatic amines is 1. The molecule has 1 unspecified atom stereocenters. The van der Waals surface area contributed by atoms with Gasteiger partial charge in [0, 0.05) is 12.5 Å². The quantitative estimate of drug-likeness (QED) is 0.821. The van der Waals surface area contributed by atoms with Crippen LogP contribution in [0.3, 0.4) is 0 Å². The summed E-state index contributed by atoms with van der Waals surface area (Å²) >= 11 is 0. The van der Waals surface area contributed by atoms with Crippen molar-refractivity contribution in [3.8, 4) is 6.07 Å². The Kier molecular flexibility index (Phi) is 2.88. The first-order valence-electron chi connectivity index (χ1n) is 5.29. The van der Waals surface area contributed by atoms with Gasteiger partial charge >= 0.3 is 0 Å². The number of imidazole rings is 1. The minimum Gasteiger partial charge on any atom is -0.342 e. The normalized spacial score (nSPS) is 12.6. The highest BCUT2D eigenvalue weighted by Gasteiger charge is 2.07. The Labute approximate surface area is 94.1 Å². The third kappa shape index (κ3) is 2.05. The number of hydrogen-bond donors (Lipinski definition) is 2. The average Bonchev–Trinajstić information content (AvgIpc) is 2.64. The first kappa shape index (κ1) is 10.7. The fraction of sp³-hybridized carbons (Fsp3) is 0.333. The third-order valence-corrected chi connectivity index (χ3v) is 2.62. The zero-order valence-corrected chi connectivity index (χ0v) is 9.20. The molecule has 1 heterocycles. The zero-order chi connectivity index (χ0) is 11.5. The van der Waals surface area contributed by atoms with Gasteiger partial charge in [-0.3, -0.25) is 0 Å². The van der Waals surface area contributed by atoms with Crippen LogP contribution in [0.15, 0.2) is 18.2 Å².